The Labute approximate surface area is 128 Å². The largest absolute Gasteiger partial charge is 0.392 e. The molecule has 118 valence electrons. The van der Waals surface area contributed by atoms with E-state index in [-0.39, 0.29) is 11.5 Å². The summed E-state index contributed by atoms with van der Waals surface area (Å²) < 4.78 is 2.16. The van der Waals surface area contributed by atoms with Crippen LogP contribution in [-0.4, -0.2) is 21.0 Å². The Kier molecular flexibility index (Phi) is 4.68. The van der Waals surface area contributed by atoms with Gasteiger partial charge in [-0.05, 0) is 43.6 Å². The normalized spacial score (nSPS) is 24.3. The van der Waals surface area contributed by atoms with Crippen molar-refractivity contribution in [2.24, 2.45) is 5.41 Å². The van der Waals surface area contributed by atoms with Gasteiger partial charge in [0.05, 0.1) is 17.8 Å². The Morgan fingerprint density at radius 1 is 1.24 bits per heavy atom. The standard InChI is InChI=1S/C18H30N2O/c1-2-18(11-6-7-12-18)17(21)14-15-10-13-20(19-15)16-8-4-3-5-9-16/h10,13,16-17,21H,2-9,11-12,14H2,1H3. The van der Waals surface area contributed by atoms with Gasteiger partial charge < -0.3 is 5.11 Å². The number of aliphatic hydroxyl groups excluding tert-OH is 1. The summed E-state index contributed by atoms with van der Waals surface area (Å²) in [4.78, 5) is 0. The molecule has 0 radical (unpaired) electrons. The molecule has 1 N–H and O–H groups in total. The highest BCUT2D eigenvalue weighted by molar-refractivity contribution is 5.04. The van der Waals surface area contributed by atoms with E-state index in [4.69, 9.17) is 5.10 Å². The second-order valence-electron chi connectivity index (χ2n) is 7.22. The molecule has 2 fully saturated rings. The number of hydrogen-bond donors (Lipinski definition) is 1. The van der Waals surface area contributed by atoms with Crippen LogP contribution in [0, 0.1) is 5.41 Å². The van der Waals surface area contributed by atoms with Crippen molar-refractivity contribution in [2.45, 2.75) is 89.7 Å². The highest BCUT2D eigenvalue weighted by Crippen LogP contribution is 2.44. The van der Waals surface area contributed by atoms with Gasteiger partial charge >= 0.3 is 0 Å². The van der Waals surface area contributed by atoms with Gasteiger partial charge in [-0.1, -0.05) is 39.0 Å². The third kappa shape index (κ3) is 3.18. The summed E-state index contributed by atoms with van der Waals surface area (Å²) >= 11 is 0. The van der Waals surface area contributed by atoms with Gasteiger partial charge in [-0.15, -0.1) is 0 Å². The molecular formula is C18H30N2O. The molecule has 0 aromatic carbocycles. The summed E-state index contributed by atoms with van der Waals surface area (Å²) in [5.41, 5.74) is 1.24. The molecule has 0 aliphatic heterocycles. The van der Waals surface area contributed by atoms with Gasteiger partial charge in [0.1, 0.15) is 0 Å². The molecule has 2 aliphatic rings. The summed E-state index contributed by atoms with van der Waals surface area (Å²) in [6.45, 7) is 2.23. The van der Waals surface area contributed by atoms with Crippen molar-refractivity contribution >= 4 is 0 Å². The molecule has 3 nitrogen and oxygen atoms in total. The second-order valence-corrected chi connectivity index (χ2v) is 7.22. The van der Waals surface area contributed by atoms with Crippen LogP contribution in [0.4, 0.5) is 0 Å². The monoisotopic (exact) mass is 290 g/mol. The molecule has 1 aromatic heterocycles. The molecule has 1 heterocycles. The van der Waals surface area contributed by atoms with Crippen LogP contribution >= 0.6 is 0 Å². The Morgan fingerprint density at radius 3 is 2.62 bits per heavy atom. The molecule has 0 saturated heterocycles. The molecule has 3 heteroatoms. The first-order chi connectivity index (χ1) is 10.2. The maximum absolute atomic E-state index is 10.7. The highest BCUT2D eigenvalue weighted by Gasteiger charge is 2.39. The number of hydrogen-bond acceptors (Lipinski definition) is 2. The van der Waals surface area contributed by atoms with E-state index in [1.807, 2.05) is 0 Å². The lowest BCUT2D eigenvalue weighted by Crippen LogP contribution is -2.34. The van der Waals surface area contributed by atoms with Crippen molar-refractivity contribution in [2.75, 3.05) is 0 Å². The molecule has 1 unspecified atom stereocenters. The van der Waals surface area contributed by atoms with Crippen molar-refractivity contribution in [1.29, 1.82) is 0 Å². The molecule has 1 aromatic rings. The first-order valence-electron chi connectivity index (χ1n) is 8.95. The van der Waals surface area contributed by atoms with E-state index < -0.39 is 0 Å². The van der Waals surface area contributed by atoms with Crippen LogP contribution in [0.2, 0.25) is 0 Å². The predicted molar refractivity (Wildman–Crippen MR) is 85.3 cm³/mol. The molecule has 0 spiro atoms. The minimum absolute atomic E-state index is 0.161. The smallest absolute Gasteiger partial charge is 0.0652 e. The van der Waals surface area contributed by atoms with Crippen LogP contribution in [0.1, 0.15) is 82.9 Å². The Morgan fingerprint density at radius 2 is 1.95 bits per heavy atom. The van der Waals surface area contributed by atoms with Crippen LogP contribution in [0.25, 0.3) is 0 Å². The number of aromatic nitrogens is 2. The molecule has 1 atom stereocenters. The SMILES string of the molecule is CCC1(C(O)Cc2ccn(C3CCCCC3)n2)CCCC1. The van der Waals surface area contributed by atoms with E-state index in [9.17, 15) is 5.11 Å². The van der Waals surface area contributed by atoms with Crippen LogP contribution in [0.15, 0.2) is 12.3 Å². The Balaban J connectivity index is 1.63. The molecule has 2 aliphatic carbocycles. The topological polar surface area (TPSA) is 38.0 Å². The summed E-state index contributed by atoms with van der Waals surface area (Å²) in [5.74, 6) is 0. The molecule has 0 amide bonds. The lowest BCUT2D eigenvalue weighted by atomic mass is 9.76. The van der Waals surface area contributed by atoms with Gasteiger partial charge in [-0.2, -0.15) is 5.10 Å². The summed E-state index contributed by atoms with van der Waals surface area (Å²) in [5, 5.41) is 15.5. The zero-order chi connectivity index (χ0) is 14.7. The van der Waals surface area contributed by atoms with Crippen molar-refractivity contribution in [3.8, 4) is 0 Å². The van der Waals surface area contributed by atoms with Crippen LogP contribution < -0.4 is 0 Å². The minimum Gasteiger partial charge on any atom is -0.392 e. The molecule has 2 saturated carbocycles. The summed E-state index contributed by atoms with van der Waals surface area (Å²) in [7, 11) is 0. The lowest BCUT2D eigenvalue weighted by molar-refractivity contribution is 0.0249. The maximum atomic E-state index is 10.7. The molecule has 21 heavy (non-hydrogen) atoms. The van der Waals surface area contributed by atoms with E-state index in [0.717, 1.165) is 18.5 Å². The minimum atomic E-state index is -0.222. The predicted octanol–water partition coefficient (Wildman–Crippen LogP) is 4.26. The van der Waals surface area contributed by atoms with Gasteiger partial charge in [-0.25, -0.2) is 0 Å². The van der Waals surface area contributed by atoms with E-state index in [1.165, 1.54) is 57.8 Å². The zero-order valence-corrected chi connectivity index (χ0v) is 13.4. The quantitative estimate of drug-likeness (QED) is 0.879. The third-order valence-electron chi connectivity index (χ3n) is 6.03. The number of nitrogens with zero attached hydrogens (tertiary/aromatic N) is 2. The molecular weight excluding hydrogens is 260 g/mol. The van der Waals surface area contributed by atoms with E-state index in [2.05, 4.69) is 23.9 Å². The van der Waals surface area contributed by atoms with Gasteiger partial charge in [0, 0.05) is 12.6 Å². The second kappa shape index (κ2) is 6.51. The Hall–Kier alpha value is -0.830. The molecule has 0 bridgehead atoms. The first-order valence-corrected chi connectivity index (χ1v) is 8.95. The van der Waals surface area contributed by atoms with Crippen molar-refractivity contribution in [3.05, 3.63) is 18.0 Å². The maximum Gasteiger partial charge on any atom is 0.0652 e. The average molecular weight is 290 g/mol. The van der Waals surface area contributed by atoms with Crippen LogP contribution in [0.3, 0.4) is 0 Å². The fourth-order valence-corrected chi connectivity index (χ4v) is 4.45. The summed E-state index contributed by atoms with van der Waals surface area (Å²) in [6, 6.07) is 2.71. The van der Waals surface area contributed by atoms with E-state index in [1.54, 1.807) is 0 Å². The van der Waals surface area contributed by atoms with E-state index in [0.29, 0.717) is 6.04 Å². The third-order valence-corrected chi connectivity index (χ3v) is 6.03. The van der Waals surface area contributed by atoms with Crippen molar-refractivity contribution < 1.29 is 5.11 Å². The van der Waals surface area contributed by atoms with Crippen LogP contribution in [-0.2, 0) is 6.42 Å². The number of aliphatic hydroxyl groups is 1. The lowest BCUT2D eigenvalue weighted by Gasteiger charge is -2.33. The summed E-state index contributed by atoms with van der Waals surface area (Å²) in [6.07, 6.45) is 15.2. The fourth-order valence-electron chi connectivity index (χ4n) is 4.45. The molecule has 3 rings (SSSR count). The average Bonchev–Trinajstić information content (AvgIpc) is 3.18. The zero-order valence-electron chi connectivity index (χ0n) is 13.4. The van der Waals surface area contributed by atoms with Crippen molar-refractivity contribution in [3.63, 3.8) is 0 Å². The highest BCUT2D eigenvalue weighted by atomic mass is 16.3. The van der Waals surface area contributed by atoms with E-state index >= 15 is 0 Å². The Bertz CT molecular complexity index is 442. The van der Waals surface area contributed by atoms with Gasteiger partial charge in [-0.3, -0.25) is 4.68 Å². The van der Waals surface area contributed by atoms with Gasteiger partial charge in [0.25, 0.3) is 0 Å². The van der Waals surface area contributed by atoms with Crippen molar-refractivity contribution in [1.82, 2.24) is 9.78 Å². The fraction of sp³-hybridized carbons (Fsp3) is 0.833. The first kappa shape index (κ1) is 15.1. The van der Waals surface area contributed by atoms with Crippen LogP contribution in [0.5, 0.6) is 0 Å². The number of rotatable bonds is 5. The van der Waals surface area contributed by atoms with Gasteiger partial charge in [0.15, 0.2) is 0 Å². The van der Waals surface area contributed by atoms with Gasteiger partial charge in [0.2, 0.25) is 0 Å².